The van der Waals surface area contributed by atoms with Gasteiger partial charge in [-0.05, 0) is 24.3 Å². The Morgan fingerprint density at radius 1 is 0.923 bits per heavy atom. The molecule has 26 heavy (non-hydrogen) atoms. The van der Waals surface area contributed by atoms with Crippen LogP contribution in [0.4, 0.5) is 0 Å². The van der Waals surface area contributed by atoms with E-state index in [2.05, 4.69) is 9.17 Å². The minimum atomic E-state index is -4.03. The number of rotatable bonds is 6. The second-order valence-electron chi connectivity index (χ2n) is 5.24. The van der Waals surface area contributed by atoms with Gasteiger partial charge in [0.15, 0.2) is 0 Å². The van der Waals surface area contributed by atoms with Crippen LogP contribution in [-0.2, 0) is 30.9 Å². The van der Waals surface area contributed by atoms with Crippen LogP contribution in [0.1, 0.15) is 5.69 Å². The lowest BCUT2D eigenvalue weighted by atomic mass is 10.2. The minimum absolute atomic E-state index is 0.182. The first-order valence-corrected chi connectivity index (χ1v) is 11.1. The Morgan fingerprint density at radius 2 is 1.54 bits per heavy atom. The molecule has 0 atom stereocenters. The topological polar surface area (TPSA) is 116 Å². The number of sulfone groups is 1. The molecule has 136 valence electrons. The van der Waals surface area contributed by atoms with Crippen LogP contribution in [0.3, 0.4) is 0 Å². The lowest BCUT2D eigenvalue weighted by Crippen LogP contribution is -2.15. The maximum atomic E-state index is 12.6. The molecule has 0 unspecified atom stereocenters. The number of nitrogens with zero attached hydrogens (tertiary/aromatic N) is 1. The summed E-state index contributed by atoms with van der Waals surface area (Å²) >= 11 is 1.29. The van der Waals surface area contributed by atoms with Crippen molar-refractivity contribution in [1.82, 2.24) is 4.98 Å². The van der Waals surface area contributed by atoms with E-state index in [0.29, 0.717) is 16.3 Å². The second-order valence-corrected chi connectivity index (χ2v) is 9.27. The third-order valence-electron chi connectivity index (χ3n) is 3.39. The van der Waals surface area contributed by atoms with Crippen molar-refractivity contribution in [1.29, 1.82) is 0 Å². The molecule has 0 amide bonds. The SMILES string of the molecule is NS(=O)(=O)OCc1csc(-c2ccc(S(=O)(=O)c3ccccc3)cc2)n1. The van der Waals surface area contributed by atoms with Crippen LogP contribution in [-0.4, -0.2) is 21.8 Å². The Bertz CT molecular complexity index is 1110. The molecule has 1 aromatic heterocycles. The highest BCUT2D eigenvalue weighted by Gasteiger charge is 2.17. The van der Waals surface area contributed by atoms with E-state index < -0.39 is 20.1 Å². The van der Waals surface area contributed by atoms with Gasteiger partial charge in [0.1, 0.15) is 11.6 Å². The lowest BCUT2D eigenvalue weighted by molar-refractivity contribution is 0.305. The van der Waals surface area contributed by atoms with E-state index in [1.807, 2.05) is 0 Å². The van der Waals surface area contributed by atoms with E-state index in [1.165, 1.54) is 23.5 Å². The molecule has 0 saturated carbocycles. The summed E-state index contributed by atoms with van der Waals surface area (Å²) in [6.45, 7) is -0.254. The van der Waals surface area contributed by atoms with Crippen molar-refractivity contribution in [2.45, 2.75) is 16.4 Å². The van der Waals surface area contributed by atoms with E-state index in [-0.39, 0.29) is 16.4 Å². The highest BCUT2D eigenvalue weighted by Crippen LogP contribution is 2.27. The maximum absolute atomic E-state index is 12.6. The Morgan fingerprint density at radius 3 is 2.15 bits per heavy atom. The van der Waals surface area contributed by atoms with Crippen molar-refractivity contribution in [2.75, 3.05) is 0 Å². The highest BCUT2D eigenvalue weighted by atomic mass is 32.2. The summed E-state index contributed by atoms with van der Waals surface area (Å²) in [4.78, 5) is 4.67. The molecule has 1 heterocycles. The monoisotopic (exact) mass is 410 g/mol. The van der Waals surface area contributed by atoms with Gasteiger partial charge in [-0.3, -0.25) is 4.18 Å². The fourth-order valence-corrected chi connectivity index (χ4v) is 4.54. The fraction of sp³-hybridized carbons (Fsp3) is 0.0625. The van der Waals surface area contributed by atoms with Crippen molar-refractivity contribution >= 4 is 31.5 Å². The average Bonchev–Trinajstić information content (AvgIpc) is 3.09. The van der Waals surface area contributed by atoms with Gasteiger partial charge in [-0.2, -0.15) is 8.42 Å². The Balaban J connectivity index is 1.81. The molecule has 0 aliphatic carbocycles. The number of nitrogens with two attached hydrogens (primary N) is 1. The number of benzene rings is 2. The summed E-state index contributed by atoms with van der Waals surface area (Å²) in [5.41, 5.74) is 1.13. The zero-order valence-corrected chi connectivity index (χ0v) is 15.7. The normalized spacial score (nSPS) is 12.2. The van der Waals surface area contributed by atoms with Crippen LogP contribution in [0.15, 0.2) is 69.8 Å². The molecule has 0 radical (unpaired) electrons. The summed E-state index contributed by atoms with van der Waals surface area (Å²) in [6, 6.07) is 14.5. The molecular weight excluding hydrogens is 396 g/mol. The van der Waals surface area contributed by atoms with Crippen LogP contribution >= 0.6 is 11.3 Å². The fourth-order valence-electron chi connectivity index (χ4n) is 2.16. The van der Waals surface area contributed by atoms with E-state index >= 15 is 0 Å². The van der Waals surface area contributed by atoms with Gasteiger partial charge in [0.25, 0.3) is 0 Å². The van der Waals surface area contributed by atoms with Gasteiger partial charge < -0.3 is 0 Å². The van der Waals surface area contributed by atoms with Gasteiger partial charge in [0, 0.05) is 10.9 Å². The number of hydrogen-bond acceptors (Lipinski definition) is 7. The molecule has 0 aliphatic rings. The van der Waals surface area contributed by atoms with Crippen LogP contribution in [0.5, 0.6) is 0 Å². The molecule has 0 spiro atoms. The Kier molecular flexibility index (Phi) is 5.21. The Hall–Kier alpha value is -2.11. The molecule has 2 N–H and O–H groups in total. The predicted molar refractivity (Wildman–Crippen MR) is 97.3 cm³/mol. The van der Waals surface area contributed by atoms with Crippen molar-refractivity contribution in [2.24, 2.45) is 5.14 Å². The first kappa shape index (κ1) is 18.7. The Labute approximate surface area is 155 Å². The summed E-state index contributed by atoms with van der Waals surface area (Å²) < 4.78 is 51.2. The highest BCUT2D eigenvalue weighted by molar-refractivity contribution is 7.91. The summed E-state index contributed by atoms with van der Waals surface area (Å²) in [5, 5.41) is 7.04. The molecule has 7 nitrogen and oxygen atoms in total. The predicted octanol–water partition coefficient (Wildman–Crippen LogP) is 2.36. The van der Waals surface area contributed by atoms with Gasteiger partial charge in [-0.15, -0.1) is 11.3 Å². The largest absolute Gasteiger partial charge is 0.333 e. The molecule has 0 fully saturated rings. The molecule has 0 aliphatic heterocycles. The number of hydrogen-bond donors (Lipinski definition) is 1. The number of aromatic nitrogens is 1. The second kappa shape index (κ2) is 7.25. The van der Waals surface area contributed by atoms with Gasteiger partial charge in [-0.1, -0.05) is 30.3 Å². The third kappa shape index (κ3) is 4.34. The quantitative estimate of drug-likeness (QED) is 0.667. The minimum Gasteiger partial charge on any atom is -0.252 e. The summed E-state index contributed by atoms with van der Waals surface area (Å²) in [6.07, 6.45) is 0. The number of thiazole rings is 1. The van der Waals surface area contributed by atoms with Gasteiger partial charge in [0.05, 0.1) is 15.5 Å². The molecular formula is C16H14N2O5S3. The van der Waals surface area contributed by atoms with E-state index in [1.54, 1.807) is 47.8 Å². The average molecular weight is 410 g/mol. The molecule has 10 heteroatoms. The molecule has 0 bridgehead atoms. The molecule has 2 aromatic carbocycles. The van der Waals surface area contributed by atoms with Crippen LogP contribution in [0, 0.1) is 0 Å². The zero-order valence-electron chi connectivity index (χ0n) is 13.3. The van der Waals surface area contributed by atoms with Crippen molar-refractivity contribution in [3.05, 3.63) is 65.7 Å². The van der Waals surface area contributed by atoms with Crippen molar-refractivity contribution in [3.8, 4) is 10.6 Å². The first-order valence-electron chi connectivity index (χ1n) is 7.28. The van der Waals surface area contributed by atoms with Crippen LogP contribution < -0.4 is 5.14 Å². The summed E-state index contributed by atoms with van der Waals surface area (Å²) in [7, 11) is -7.60. The molecule has 3 aromatic rings. The van der Waals surface area contributed by atoms with Crippen molar-refractivity contribution < 1.29 is 21.0 Å². The van der Waals surface area contributed by atoms with Crippen molar-refractivity contribution in [3.63, 3.8) is 0 Å². The third-order valence-corrected chi connectivity index (χ3v) is 6.56. The van der Waals surface area contributed by atoms with Gasteiger partial charge >= 0.3 is 10.3 Å². The molecule has 0 saturated heterocycles. The van der Waals surface area contributed by atoms with E-state index in [0.717, 1.165) is 0 Å². The standard InChI is InChI=1S/C16H14N2O5S3/c17-26(21,22)23-10-13-11-24-16(18-13)12-6-8-15(9-7-12)25(19,20)14-4-2-1-3-5-14/h1-9,11H,10H2,(H2,17,21,22). The first-order chi connectivity index (χ1) is 12.3. The van der Waals surface area contributed by atoms with Gasteiger partial charge in [-0.25, -0.2) is 18.5 Å². The maximum Gasteiger partial charge on any atom is 0.333 e. The van der Waals surface area contributed by atoms with Crippen LogP contribution in [0.2, 0.25) is 0 Å². The van der Waals surface area contributed by atoms with Crippen LogP contribution in [0.25, 0.3) is 10.6 Å². The van der Waals surface area contributed by atoms with E-state index in [4.69, 9.17) is 5.14 Å². The summed E-state index contributed by atoms with van der Waals surface area (Å²) in [5.74, 6) is 0. The zero-order chi connectivity index (χ0) is 18.8. The van der Waals surface area contributed by atoms with E-state index in [9.17, 15) is 16.8 Å². The smallest absolute Gasteiger partial charge is 0.252 e. The molecule has 3 rings (SSSR count). The lowest BCUT2D eigenvalue weighted by Gasteiger charge is -2.05. The van der Waals surface area contributed by atoms with Gasteiger partial charge in [0.2, 0.25) is 9.84 Å².